The van der Waals surface area contributed by atoms with Crippen molar-refractivity contribution in [3.8, 4) is 0 Å². The Balaban J connectivity index is 2.88. The van der Waals surface area contributed by atoms with Gasteiger partial charge in [-0.2, -0.15) is 0 Å². The Labute approximate surface area is 129 Å². The van der Waals surface area contributed by atoms with Crippen molar-refractivity contribution in [3.63, 3.8) is 0 Å². The normalized spacial score (nSPS) is 12.1. The second kappa shape index (κ2) is 7.59. The number of nitrogens with two attached hydrogens (primary N) is 1. The molecule has 0 spiro atoms. The number of ether oxygens (including phenoxy) is 1. The summed E-state index contributed by atoms with van der Waals surface area (Å²) in [6.45, 7) is 4.26. The van der Waals surface area contributed by atoms with Crippen LogP contribution in [-0.2, 0) is 21.3 Å². The maximum absolute atomic E-state index is 12.1. The smallest absolute Gasteiger partial charge is 0.242 e. The first-order valence-corrected chi connectivity index (χ1v) is 8.31. The molecule has 0 aromatic heterocycles. The first-order chi connectivity index (χ1) is 9.29. The zero-order valence-electron chi connectivity index (χ0n) is 11.3. The molecule has 0 aliphatic rings. The summed E-state index contributed by atoms with van der Waals surface area (Å²) >= 11 is 12.0. The van der Waals surface area contributed by atoms with Crippen LogP contribution in [0.25, 0.3) is 0 Å². The second-order valence-electron chi connectivity index (χ2n) is 4.36. The lowest BCUT2D eigenvalue weighted by molar-refractivity contribution is 0.0834. The minimum atomic E-state index is -3.71. The van der Waals surface area contributed by atoms with E-state index in [1.807, 2.05) is 13.8 Å². The summed E-state index contributed by atoms with van der Waals surface area (Å²) in [7, 11) is -3.71. The van der Waals surface area contributed by atoms with Gasteiger partial charge in [-0.3, -0.25) is 0 Å². The lowest BCUT2D eigenvalue weighted by atomic mass is 10.2. The minimum absolute atomic E-state index is 0.0337. The quantitative estimate of drug-likeness (QED) is 0.745. The topological polar surface area (TPSA) is 81.4 Å². The van der Waals surface area contributed by atoms with Crippen LogP contribution in [0.5, 0.6) is 0 Å². The van der Waals surface area contributed by atoms with E-state index in [0.29, 0.717) is 10.6 Å². The molecule has 0 heterocycles. The average molecular weight is 341 g/mol. The van der Waals surface area contributed by atoms with Gasteiger partial charge >= 0.3 is 0 Å². The number of nitrogens with one attached hydrogen (secondary N) is 1. The third-order valence-corrected chi connectivity index (χ3v) is 4.89. The molecule has 0 fully saturated rings. The molecule has 20 heavy (non-hydrogen) atoms. The molecule has 8 heteroatoms. The van der Waals surface area contributed by atoms with E-state index >= 15 is 0 Å². The molecule has 1 aromatic carbocycles. The molecule has 114 valence electrons. The third-order valence-electron chi connectivity index (χ3n) is 2.49. The molecule has 3 N–H and O–H groups in total. The van der Waals surface area contributed by atoms with Crippen LogP contribution in [0.15, 0.2) is 17.0 Å². The fourth-order valence-electron chi connectivity index (χ4n) is 1.52. The number of hydrogen-bond donors (Lipinski definition) is 2. The zero-order chi connectivity index (χ0) is 15.3. The Morgan fingerprint density at radius 3 is 2.55 bits per heavy atom. The molecular weight excluding hydrogens is 323 g/mol. The number of halogens is 2. The Kier molecular flexibility index (Phi) is 6.71. The molecule has 0 saturated carbocycles. The number of rotatable bonds is 7. The van der Waals surface area contributed by atoms with Crippen molar-refractivity contribution in [2.75, 3.05) is 13.2 Å². The van der Waals surface area contributed by atoms with Gasteiger partial charge in [0.15, 0.2) is 0 Å². The van der Waals surface area contributed by atoms with Crippen molar-refractivity contribution < 1.29 is 13.2 Å². The van der Waals surface area contributed by atoms with Gasteiger partial charge in [-0.15, -0.1) is 0 Å². The van der Waals surface area contributed by atoms with Crippen molar-refractivity contribution in [2.24, 2.45) is 5.73 Å². The Bertz CT molecular complexity index is 562. The fourth-order valence-corrected chi connectivity index (χ4v) is 3.46. The van der Waals surface area contributed by atoms with Crippen LogP contribution in [0.2, 0.25) is 10.0 Å². The van der Waals surface area contributed by atoms with Gasteiger partial charge in [0.2, 0.25) is 10.0 Å². The van der Waals surface area contributed by atoms with E-state index in [-0.39, 0.29) is 35.7 Å². The van der Waals surface area contributed by atoms with Crippen molar-refractivity contribution in [1.29, 1.82) is 0 Å². The van der Waals surface area contributed by atoms with Gasteiger partial charge in [0.05, 0.1) is 17.7 Å². The van der Waals surface area contributed by atoms with E-state index in [1.165, 1.54) is 12.1 Å². The largest absolute Gasteiger partial charge is 0.377 e. The highest BCUT2D eigenvalue weighted by Gasteiger charge is 2.20. The van der Waals surface area contributed by atoms with Crippen LogP contribution in [0, 0.1) is 0 Å². The maximum Gasteiger partial charge on any atom is 0.242 e. The molecule has 0 aliphatic heterocycles. The van der Waals surface area contributed by atoms with Crippen LogP contribution in [0.3, 0.4) is 0 Å². The molecule has 1 aromatic rings. The first kappa shape index (κ1) is 17.7. The monoisotopic (exact) mass is 340 g/mol. The van der Waals surface area contributed by atoms with E-state index in [1.54, 1.807) is 0 Å². The van der Waals surface area contributed by atoms with Crippen LogP contribution < -0.4 is 10.5 Å². The van der Waals surface area contributed by atoms with Crippen LogP contribution in [0.1, 0.15) is 19.4 Å². The second-order valence-corrected chi connectivity index (χ2v) is 6.88. The predicted molar refractivity (Wildman–Crippen MR) is 80.6 cm³/mol. The summed E-state index contributed by atoms with van der Waals surface area (Å²) in [5.41, 5.74) is 5.93. The van der Waals surface area contributed by atoms with Crippen molar-refractivity contribution in [3.05, 3.63) is 27.7 Å². The highest BCUT2D eigenvalue weighted by atomic mass is 35.5. The van der Waals surface area contributed by atoms with Gasteiger partial charge in [-0.05, 0) is 26.0 Å². The summed E-state index contributed by atoms with van der Waals surface area (Å²) in [6, 6.07) is 2.82. The van der Waals surface area contributed by atoms with Gasteiger partial charge in [-0.1, -0.05) is 23.2 Å². The minimum Gasteiger partial charge on any atom is -0.377 e. The van der Waals surface area contributed by atoms with Gasteiger partial charge in [0, 0.05) is 23.7 Å². The SMILES string of the molecule is CC(C)OCCNS(=O)(=O)c1ccc(Cl)c(CN)c1Cl. The van der Waals surface area contributed by atoms with E-state index in [0.717, 1.165) is 0 Å². The summed E-state index contributed by atoms with van der Waals surface area (Å²) in [6.07, 6.45) is 0.0440. The molecule has 0 aliphatic carbocycles. The molecule has 0 radical (unpaired) electrons. The number of benzene rings is 1. The van der Waals surface area contributed by atoms with E-state index in [4.69, 9.17) is 33.7 Å². The van der Waals surface area contributed by atoms with Crippen molar-refractivity contribution in [1.82, 2.24) is 4.72 Å². The fraction of sp³-hybridized carbons (Fsp3) is 0.500. The first-order valence-electron chi connectivity index (χ1n) is 6.07. The summed E-state index contributed by atoms with van der Waals surface area (Å²) in [4.78, 5) is -0.0337. The highest BCUT2D eigenvalue weighted by molar-refractivity contribution is 7.89. The number of hydrogen-bond acceptors (Lipinski definition) is 4. The summed E-state index contributed by atoms with van der Waals surface area (Å²) < 4.78 is 32.0. The average Bonchev–Trinajstić information content (AvgIpc) is 2.34. The van der Waals surface area contributed by atoms with Crippen LogP contribution >= 0.6 is 23.2 Å². The van der Waals surface area contributed by atoms with Gasteiger partial charge in [-0.25, -0.2) is 13.1 Å². The maximum atomic E-state index is 12.1. The third kappa shape index (κ3) is 4.58. The Morgan fingerprint density at radius 1 is 1.35 bits per heavy atom. The number of sulfonamides is 1. The van der Waals surface area contributed by atoms with Crippen LogP contribution in [0.4, 0.5) is 0 Å². The molecule has 0 amide bonds. The molecule has 0 atom stereocenters. The molecule has 1 rings (SSSR count). The lowest BCUT2D eigenvalue weighted by Crippen LogP contribution is -2.28. The van der Waals surface area contributed by atoms with Gasteiger partial charge in [0.1, 0.15) is 4.90 Å². The Morgan fingerprint density at radius 2 is 2.00 bits per heavy atom. The van der Waals surface area contributed by atoms with E-state index < -0.39 is 10.0 Å². The van der Waals surface area contributed by atoms with E-state index in [9.17, 15) is 8.42 Å². The van der Waals surface area contributed by atoms with Gasteiger partial charge < -0.3 is 10.5 Å². The highest BCUT2D eigenvalue weighted by Crippen LogP contribution is 2.30. The van der Waals surface area contributed by atoms with E-state index in [2.05, 4.69) is 4.72 Å². The van der Waals surface area contributed by atoms with Crippen molar-refractivity contribution in [2.45, 2.75) is 31.4 Å². The zero-order valence-corrected chi connectivity index (χ0v) is 13.6. The Hall–Kier alpha value is -0.370. The van der Waals surface area contributed by atoms with Crippen LogP contribution in [-0.4, -0.2) is 27.7 Å². The van der Waals surface area contributed by atoms with Crippen molar-refractivity contribution >= 4 is 33.2 Å². The summed E-state index contributed by atoms with van der Waals surface area (Å²) in [5.74, 6) is 0. The molecule has 5 nitrogen and oxygen atoms in total. The molecule has 0 saturated heterocycles. The summed E-state index contributed by atoms with van der Waals surface area (Å²) in [5, 5.41) is 0.400. The standard InChI is InChI=1S/C12H18Cl2N2O3S/c1-8(2)19-6-5-16-20(17,18)11-4-3-10(13)9(7-15)12(11)14/h3-4,8,16H,5-7,15H2,1-2H3. The molecule has 0 bridgehead atoms. The van der Waals surface area contributed by atoms with Gasteiger partial charge in [0.25, 0.3) is 0 Å². The molecule has 0 unspecified atom stereocenters. The lowest BCUT2D eigenvalue weighted by Gasteiger charge is -2.12. The predicted octanol–water partition coefficient (Wildman–Crippen LogP) is 2.16. The molecular formula is C12H18Cl2N2O3S.